The summed E-state index contributed by atoms with van der Waals surface area (Å²) in [7, 11) is -3.87. The number of sulfonamides is 1. The molecule has 1 amide bonds. The Morgan fingerprint density at radius 1 is 1.05 bits per heavy atom. The number of hydrogen-bond acceptors (Lipinski definition) is 11. The van der Waals surface area contributed by atoms with Gasteiger partial charge in [-0.05, 0) is 46.8 Å². The fraction of sp³-hybridized carbons (Fsp3) is 0.364. The van der Waals surface area contributed by atoms with Crippen molar-refractivity contribution < 1.29 is 36.9 Å². The molecule has 37 heavy (non-hydrogen) atoms. The molecule has 4 atom stereocenters. The normalized spacial score (nSPS) is 24.1. The van der Waals surface area contributed by atoms with Crippen molar-refractivity contribution in [1.82, 2.24) is 24.9 Å². The topological polar surface area (TPSA) is 165 Å². The SMILES string of the molecule is CC(=O)Nc1ccc(S(=O)(=O)N[C@H]2CO[C@H]3[C@@H]2OC[C@@H]3n2nnnc2Oc2ccc3c(c2)OCO3)cc1. The molecule has 15 heteroatoms. The number of aromatic nitrogens is 4. The molecule has 0 unspecified atom stereocenters. The second-order valence-corrected chi connectivity index (χ2v) is 10.3. The Bertz CT molecular complexity index is 1430. The van der Waals surface area contributed by atoms with Crippen molar-refractivity contribution in [1.29, 1.82) is 0 Å². The van der Waals surface area contributed by atoms with E-state index in [4.69, 9.17) is 23.7 Å². The standard InChI is InChI=1S/C22H22N6O8S/c1-12(29)23-13-2-5-15(6-3-13)37(30,31)25-16-9-32-21-17(10-33-20(16)21)28-22(24-26-27-28)36-14-4-7-18-19(8-14)35-11-34-18/h2-8,16-17,20-21,25H,9-11H2,1H3,(H,23,29)/t16-,17-,20+,21+/m0/s1. The molecule has 2 saturated heterocycles. The zero-order valence-corrected chi connectivity index (χ0v) is 20.3. The highest BCUT2D eigenvalue weighted by Crippen LogP contribution is 2.39. The number of hydrogen-bond donors (Lipinski definition) is 2. The number of fused-ring (bicyclic) bond motifs is 2. The van der Waals surface area contributed by atoms with E-state index in [-0.39, 0.29) is 36.8 Å². The van der Waals surface area contributed by atoms with Crippen molar-refractivity contribution in [3.8, 4) is 23.3 Å². The van der Waals surface area contributed by atoms with Crippen molar-refractivity contribution >= 4 is 21.6 Å². The summed E-state index contributed by atoms with van der Waals surface area (Å²) in [6.45, 7) is 1.82. The molecule has 6 rings (SSSR count). The van der Waals surface area contributed by atoms with Crippen molar-refractivity contribution in [2.24, 2.45) is 0 Å². The third-order valence-corrected chi connectivity index (χ3v) is 7.65. The summed E-state index contributed by atoms with van der Waals surface area (Å²) in [6, 6.07) is 10.1. The monoisotopic (exact) mass is 530 g/mol. The number of rotatable bonds is 7. The molecule has 2 N–H and O–H groups in total. The largest absolute Gasteiger partial charge is 0.454 e. The second-order valence-electron chi connectivity index (χ2n) is 8.62. The van der Waals surface area contributed by atoms with Crippen LogP contribution in [0.1, 0.15) is 13.0 Å². The van der Waals surface area contributed by atoms with Gasteiger partial charge in [0.1, 0.15) is 24.0 Å². The van der Waals surface area contributed by atoms with Crippen LogP contribution in [-0.4, -0.2) is 72.8 Å². The lowest BCUT2D eigenvalue weighted by Crippen LogP contribution is -2.44. The lowest BCUT2D eigenvalue weighted by molar-refractivity contribution is -0.114. The molecule has 3 aromatic rings. The average Bonchev–Trinajstić information content (AvgIpc) is 3.65. The molecular weight excluding hydrogens is 508 g/mol. The van der Waals surface area contributed by atoms with Gasteiger partial charge in [0.15, 0.2) is 11.5 Å². The van der Waals surface area contributed by atoms with Gasteiger partial charge in [0, 0.05) is 18.7 Å². The van der Waals surface area contributed by atoms with E-state index in [9.17, 15) is 13.2 Å². The van der Waals surface area contributed by atoms with E-state index in [0.717, 1.165) is 0 Å². The van der Waals surface area contributed by atoms with E-state index in [1.54, 1.807) is 18.2 Å². The Morgan fingerprint density at radius 2 is 1.84 bits per heavy atom. The Morgan fingerprint density at radius 3 is 2.65 bits per heavy atom. The molecule has 0 bridgehead atoms. The van der Waals surface area contributed by atoms with Crippen LogP contribution in [0.4, 0.5) is 5.69 Å². The maximum atomic E-state index is 13.0. The maximum Gasteiger partial charge on any atom is 0.341 e. The van der Waals surface area contributed by atoms with Gasteiger partial charge in [-0.3, -0.25) is 4.79 Å². The molecule has 3 aliphatic rings. The Hall–Kier alpha value is -3.79. The fourth-order valence-electron chi connectivity index (χ4n) is 4.48. The number of nitrogens with zero attached hydrogens (tertiary/aromatic N) is 4. The van der Waals surface area contributed by atoms with E-state index in [2.05, 4.69) is 25.6 Å². The van der Waals surface area contributed by atoms with Gasteiger partial charge in [0.25, 0.3) is 0 Å². The number of carbonyl (C=O) groups is 1. The molecule has 1 aromatic heterocycles. The first-order valence-electron chi connectivity index (χ1n) is 11.4. The van der Waals surface area contributed by atoms with E-state index >= 15 is 0 Å². The molecule has 14 nitrogen and oxygen atoms in total. The molecule has 194 valence electrons. The first-order chi connectivity index (χ1) is 17.9. The van der Waals surface area contributed by atoms with Crippen molar-refractivity contribution in [3.63, 3.8) is 0 Å². The molecule has 2 fully saturated rings. The number of benzene rings is 2. The summed E-state index contributed by atoms with van der Waals surface area (Å²) in [5, 5.41) is 14.3. The number of tetrazole rings is 1. The molecule has 4 heterocycles. The van der Waals surface area contributed by atoms with Gasteiger partial charge in [-0.1, -0.05) is 5.10 Å². The maximum absolute atomic E-state index is 13.0. The van der Waals surface area contributed by atoms with Crippen LogP contribution < -0.4 is 24.2 Å². The van der Waals surface area contributed by atoms with Crippen molar-refractivity contribution in [2.75, 3.05) is 25.3 Å². The summed E-state index contributed by atoms with van der Waals surface area (Å²) in [4.78, 5) is 11.2. The molecule has 0 spiro atoms. The summed E-state index contributed by atoms with van der Waals surface area (Å²) in [5.41, 5.74) is 0.498. The molecule has 3 aliphatic heterocycles. The van der Waals surface area contributed by atoms with Gasteiger partial charge in [-0.15, -0.1) is 0 Å². The van der Waals surface area contributed by atoms with Gasteiger partial charge < -0.3 is 29.0 Å². The van der Waals surface area contributed by atoms with Crippen LogP contribution in [0.5, 0.6) is 23.3 Å². The van der Waals surface area contributed by atoms with Crippen molar-refractivity contribution in [2.45, 2.75) is 36.1 Å². The summed E-state index contributed by atoms with van der Waals surface area (Å²) >= 11 is 0. The number of ether oxygens (including phenoxy) is 5. The Kier molecular flexibility index (Phi) is 5.91. The van der Waals surface area contributed by atoms with E-state index in [1.165, 1.54) is 35.9 Å². The molecule has 0 radical (unpaired) electrons. The smallest absolute Gasteiger partial charge is 0.341 e. The third-order valence-electron chi connectivity index (χ3n) is 6.15. The predicted octanol–water partition coefficient (Wildman–Crippen LogP) is 0.838. The predicted molar refractivity (Wildman–Crippen MR) is 124 cm³/mol. The highest BCUT2D eigenvalue weighted by molar-refractivity contribution is 7.89. The minimum absolute atomic E-state index is 0.0551. The minimum Gasteiger partial charge on any atom is -0.454 e. The number of amides is 1. The van der Waals surface area contributed by atoms with Crippen LogP contribution in [0, 0.1) is 0 Å². The van der Waals surface area contributed by atoms with Gasteiger partial charge in [-0.25, -0.2) is 13.1 Å². The molecule has 0 saturated carbocycles. The summed E-state index contributed by atoms with van der Waals surface area (Å²) in [6.07, 6.45) is -1.06. The highest BCUT2D eigenvalue weighted by Gasteiger charge is 2.50. The van der Waals surface area contributed by atoms with E-state index < -0.39 is 34.3 Å². The lowest BCUT2D eigenvalue weighted by Gasteiger charge is -2.18. The zero-order chi connectivity index (χ0) is 25.6. The van der Waals surface area contributed by atoms with Crippen LogP contribution in [0.2, 0.25) is 0 Å². The van der Waals surface area contributed by atoms with Gasteiger partial charge in [-0.2, -0.15) is 4.68 Å². The van der Waals surface area contributed by atoms with Crippen LogP contribution in [0.15, 0.2) is 47.4 Å². The number of carbonyl (C=O) groups excluding carboxylic acids is 1. The fourth-order valence-corrected chi connectivity index (χ4v) is 5.72. The Balaban J connectivity index is 1.14. The van der Waals surface area contributed by atoms with Gasteiger partial charge in [0.2, 0.25) is 22.7 Å². The van der Waals surface area contributed by atoms with Crippen molar-refractivity contribution in [3.05, 3.63) is 42.5 Å². The molecule has 2 aromatic carbocycles. The second kappa shape index (κ2) is 9.26. The Labute approximate surface area is 210 Å². The number of anilines is 1. The lowest BCUT2D eigenvalue weighted by atomic mass is 10.1. The first kappa shape index (κ1) is 23.6. The highest BCUT2D eigenvalue weighted by atomic mass is 32.2. The number of nitrogens with one attached hydrogen (secondary N) is 2. The van der Waals surface area contributed by atoms with Crippen LogP contribution in [-0.2, 0) is 24.3 Å². The molecule has 0 aliphatic carbocycles. The first-order valence-corrected chi connectivity index (χ1v) is 12.8. The minimum atomic E-state index is -3.87. The van der Waals surface area contributed by atoms with E-state index in [1.807, 2.05) is 0 Å². The van der Waals surface area contributed by atoms with Crippen LogP contribution >= 0.6 is 0 Å². The third kappa shape index (κ3) is 4.57. The zero-order valence-electron chi connectivity index (χ0n) is 19.4. The quantitative estimate of drug-likeness (QED) is 0.445. The molecular formula is C22H22N6O8S. The average molecular weight is 531 g/mol. The van der Waals surface area contributed by atoms with Crippen LogP contribution in [0.3, 0.4) is 0 Å². The van der Waals surface area contributed by atoms with E-state index in [0.29, 0.717) is 22.9 Å². The van der Waals surface area contributed by atoms with Crippen LogP contribution in [0.25, 0.3) is 0 Å². The summed E-state index contributed by atoms with van der Waals surface area (Å²) in [5.74, 6) is 1.39. The summed E-state index contributed by atoms with van der Waals surface area (Å²) < 4.78 is 58.5. The van der Waals surface area contributed by atoms with Gasteiger partial charge in [0.05, 0.1) is 24.2 Å². The van der Waals surface area contributed by atoms with Gasteiger partial charge >= 0.3 is 6.01 Å².